The maximum absolute atomic E-state index is 11.1. The number of esters is 1. The Labute approximate surface area is 86.0 Å². The molecule has 0 saturated heterocycles. The average molecular weight is 197 g/mol. The first-order chi connectivity index (χ1) is 6.65. The lowest BCUT2D eigenvalue weighted by Gasteiger charge is -2.19. The van der Waals surface area contributed by atoms with Gasteiger partial charge in [-0.15, -0.1) is 0 Å². The lowest BCUT2D eigenvalue weighted by atomic mass is 10.2. The van der Waals surface area contributed by atoms with Crippen molar-refractivity contribution in [3.05, 3.63) is 24.9 Å². The van der Waals surface area contributed by atoms with E-state index in [2.05, 4.69) is 24.8 Å². The molecule has 0 aromatic carbocycles. The number of methoxy groups -OCH3 is 1. The van der Waals surface area contributed by atoms with Crippen LogP contribution in [0.4, 0.5) is 0 Å². The fourth-order valence-electron chi connectivity index (χ4n) is 1.05. The molecule has 3 heteroatoms. The van der Waals surface area contributed by atoms with Crippen molar-refractivity contribution in [1.29, 1.82) is 0 Å². The first kappa shape index (κ1) is 12.8. The molecule has 0 aromatic rings. The third-order valence-electron chi connectivity index (χ3n) is 1.93. The van der Waals surface area contributed by atoms with Crippen LogP contribution >= 0.6 is 0 Å². The van der Waals surface area contributed by atoms with Crippen molar-refractivity contribution in [1.82, 2.24) is 4.90 Å². The van der Waals surface area contributed by atoms with Crippen molar-refractivity contribution in [2.75, 3.05) is 20.2 Å². The van der Waals surface area contributed by atoms with Gasteiger partial charge in [-0.1, -0.05) is 26.5 Å². The van der Waals surface area contributed by atoms with Gasteiger partial charge in [-0.05, 0) is 12.6 Å². The maximum atomic E-state index is 11.1. The number of carbonyl (C=O) groups excluding carboxylic acids is 1. The molecule has 0 spiro atoms. The third kappa shape index (κ3) is 4.70. The molecule has 0 N–H and O–H groups in total. The number of carbonyl (C=O) groups is 1. The Kier molecular flexibility index (Phi) is 6.54. The molecular weight excluding hydrogens is 178 g/mol. The average Bonchev–Trinajstić information content (AvgIpc) is 2.22. The zero-order valence-corrected chi connectivity index (χ0v) is 9.08. The minimum absolute atomic E-state index is 0.353. The molecule has 0 heterocycles. The van der Waals surface area contributed by atoms with Crippen LogP contribution in [-0.4, -0.2) is 31.1 Å². The molecule has 14 heavy (non-hydrogen) atoms. The molecule has 0 amide bonds. The van der Waals surface area contributed by atoms with Crippen LogP contribution in [0.2, 0.25) is 0 Å². The Morgan fingerprint density at radius 3 is 2.64 bits per heavy atom. The fourth-order valence-corrected chi connectivity index (χ4v) is 1.05. The van der Waals surface area contributed by atoms with E-state index in [1.165, 1.54) is 7.11 Å². The van der Waals surface area contributed by atoms with Crippen LogP contribution in [0.15, 0.2) is 24.9 Å². The monoisotopic (exact) mass is 197 g/mol. The quantitative estimate of drug-likeness (QED) is 0.461. The van der Waals surface area contributed by atoms with Crippen LogP contribution in [0, 0.1) is 0 Å². The van der Waals surface area contributed by atoms with Crippen molar-refractivity contribution < 1.29 is 9.53 Å². The highest BCUT2D eigenvalue weighted by Crippen LogP contribution is 2.01. The summed E-state index contributed by atoms with van der Waals surface area (Å²) in [6.07, 6.45) is 3.93. The van der Waals surface area contributed by atoms with Gasteiger partial charge in [0.1, 0.15) is 0 Å². The van der Waals surface area contributed by atoms with Crippen LogP contribution in [0.1, 0.15) is 19.8 Å². The molecule has 0 aliphatic heterocycles. The minimum atomic E-state index is -0.353. The normalized spacial score (nSPS) is 9.29. The summed E-state index contributed by atoms with van der Waals surface area (Å²) in [4.78, 5) is 13.0. The first-order valence-corrected chi connectivity index (χ1v) is 4.78. The van der Waals surface area contributed by atoms with Crippen molar-refractivity contribution in [3.8, 4) is 0 Å². The van der Waals surface area contributed by atoms with Gasteiger partial charge in [0, 0.05) is 18.7 Å². The highest BCUT2D eigenvalue weighted by Gasteiger charge is 2.09. The Morgan fingerprint density at radius 2 is 2.21 bits per heavy atom. The maximum Gasteiger partial charge on any atom is 0.334 e. The molecule has 0 aliphatic carbocycles. The van der Waals surface area contributed by atoms with Gasteiger partial charge in [0.2, 0.25) is 0 Å². The van der Waals surface area contributed by atoms with E-state index in [9.17, 15) is 4.79 Å². The van der Waals surface area contributed by atoms with Gasteiger partial charge in [-0.3, -0.25) is 0 Å². The van der Waals surface area contributed by atoms with E-state index in [-0.39, 0.29) is 5.97 Å². The van der Waals surface area contributed by atoms with E-state index >= 15 is 0 Å². The van der Waals surface area contributed by atoms with Crippen LogP contribution in [0.3, 0.4) is 0 Å². The summed E-state index contributed by atoms with van der Waals surface area (Å²) in [5, 5.41) is 0. The number of ether oxygens (including phenoxy) is 1. The van der Waals surface area contributed by atoms with Crippen LogP contribution in [0.25, 0.3) is 0 Å². The molecule has 0 aliphatic rings. The highest BCUT2D eigenvalue weighted by atomic mass is 16.5. The second-order valence-electron chi connectivity index (χ2n) is 3.10. The molecule has 0 fully saturated rings. The summed E-state index contributed by atoms with van der Waals surface area (Å²) in [5.41, 5.74) is 0.462. The second kappa shape index (κ2) is 7.18. The molecule has 0 rings (SSSR count). The smallest absolute Gasteiger partial charge is 0.334 e. The van der Waals surface area contributed by atoms with Gasteiger partial charge in [0.15, 0.2) is 0 Å². The van der Waals surface area contributed by atoms with E-state index < -0.39 is 0 Å². The standard InChI is InChI=1S/C11H19NO2/c1-5-7-8-12(6-2)9-10(3)11(13)14-4/h6H,2-3,5,7-9H2,1,4H3. The third-order valence-corrected chi connectivity index (χ3v) is 1.93. The topological polar surface area (TPSA) is 29.5 Å². The molecule has 80 valence electrons. The minimum Gasteiger partial charge on any atom is -0.466 e. The molecule has 0 atom stereocenters. The summed E-state index contributed by atoms with van der Waals surface area (Å²) in [7, 11) is 1.36. The molecule has 0 saturated carbocycles. The van der Waals surface area contributed by atoms with E-state index in [1.807, 2.05) is 4.90 Å². The summed E-state index contributed by atoms with van der Waals surface area (Å²) >= 11 is 0. The van der Waals surface area contributed by atoms with Gasteiger partial charge in [0.05, 0.1) is 7.11 Å². The number of hydrogen-bond donors (Lipinski definition) is 0. The Hall–Kier alpha value is -1.25. The highest BCUT2D eigenvalue weighted by molar-refractivity contribution is 5.88. The number of hydrogen-bond acceptors (Lipinski definition) is 3. The predicted octanol–water partition coefficient (Wildman–Crippen LogP) is 1.96. The van der Waals surface area contributed by atoms with Crippen LogP contribution < -0.4 is 0 Å². The predicted molar refractivity (Wildman–Crippen MR) is 57.8 cm³/mol. The number of unbranched alkanes of at least 4 members (excludes halogenated alkanes) is 1. The van der Waals surface area contributed by atoms with Gasteiger partial charge in [-0.2, -0.15) is 0 Å². The van der Waals surface area contributed by atoms with Crippen molar-refractivity contribution in [3.63, 3.8) is 0 Å². The van der Waals surface area contributed by atoms with Gasteiger partial charge in [-0.25, -0.2) is 4.79 Å². The molecule has 0 radical (unpaired) electrons. The van der Waals surface area contributed by atoms with Crippen molar-refractivity contribution in [2.24, 2.45) is 0 Å². The molecule has 0 bridgehead atoms. The lowest BCUT2D eigenvalue weighted by Crippen LogP contribution is -2.24. The summed E-state index contributed by atoms with van der Waals surface area (Å²) in [6.45, 7) is 10.9. The van der Waals surface area contributed by atoms with E-state index in [4.69, 9.17) is 0 Å². The van der Waals surface area contributed by atoms with Gasteiger partial charge < -0.3 is 9.64 Å². The fraction of sp³-hybridized carbons (Fsp3) is 0.545. The van der Waals surface area contributed by atoms with Gasteiger partial charge >= 0.3 is 5.97 Å². The van der Waals surface area contributed by atoms with Crippen LogP contribution in [-0.2, 0) is 9.53 Å². The SMILES string of the molecule is C=CN(CCCC)CC(=C)C(=O)OC. The second-order valence-corrected chi connectivity index (χ2v) is 3.10. The Morgan fingerprint density at radius 1 is 1.57 bits per heavy atom. The zero-order chi connectivity index (χ0) is 11.0. The van der Waals surface area contributed by atoms with Gasteiger partial charge in [0.25, 0.3) is 0 Å². The molecule has 3 nitrogen and oxygen atoms in total. The Bertz CT molecular complexity index is 211. The van der Waals surface area contributed by atoms with E-state index in [1.54, 1.807) is 6.20 Å². The van der Waals surface area contributed by atoms with Crippen LogP contribution in [0.5, 0.6) is 0 Å². The Balaban J connectivity index is 3.98. The molecular formula is C11H19NO2. The molecule has 0 unspecified atom stereocenters. The van der Waals surface area contributed by atoms with Crippen molar-refractivity contribution >= 4 is 5.97 Å². The number of nitrogens with zero attached hydrogens (tertiary/aromatic N) is 1. The largest absolute Gasteiger partial charge is 0.466 e. The number of rotatable bonds is 7. The summed E-state index contributed by atoms with van der Waals surface area (Å²) in [6, 6.07) is 0. The first-order valence-electron chi connectivity index (χ1n) is 4.78. The van der Waals surface area contributed by atoms with E-state index in [0.29, 0.717) is 12.1 Å². The lowest BCUT2D eigenvalue weighted by molar-refractivity contribution is -0.136. The van der Waals surface area contributed by atoms with E-state index in [0.717, 1.165) is 19.4 Å². The summed E-state index contributed by atoms with van der Waals surface area (Å²) < 4.78 is 4.56. The molecule has 0 aromatic heterocycles. The summed E-state index contributed by atoms with van der Waals surface area (Å²) in [5.74, 6) is -0.353. The zero-order valence-electron chi connectivity index (χ0n) is 9.08. The van der Waals surface area contributed by atoms with Crippen molar-refractivity contribution in [2.45, 2.75) is 19.8 Å².